The van der Waals surface area contributed by atoms with Gasteiger partial charge in [-0.15, -0.1) is 0 Å². The number of aromatic nitrogens is 3. The van der Waals surface area contributed by atoms with E-state index in [0.717, 1.165) is 17.0 Å². The van der Waals surface area contributed by atoms with E-state index in [1.807, 2.05) is 32.0 Å². The average molecular weight is 337 g/mol. The maximum absolute atomic E-state index is 12.6. The number of likely N-dealkylation sites (N-methyl/N-ethyl adjacent to an activating group) is 1. The predicted molar refractivity (Wildman–Crippen MR) is 94.6 cm³/mol. The van der Waals surface area contributed by atoms with E-state index in [1.165, 1.54) is 6.20 Å². The molecule has 0 aliphatic rings. The largest absolute Gasteiger partial charge is 0.359 e. The summed E-state index contributed by atoms with van der Waals surface area (Å²) in [7, 11) is 1.60. The molecule has 0 spiro atoms. The monoisotopic (exact) mass is 337 g/mol. The van der Waals surface area contributed by atoms with Crippen LogP contribution in [0.1, 0.15) is 27.3 Å². The molecule has 3 aromatic rings. The topological polar surface area (TPSA) is 88.4 Å². The number of nitrogens with one attached hydrogen (secondary N) is 2. The van der Waals surface area contributed by atoms with Crippen LogP contribution in [-0.4, -0.2) is 33.5 Å². The van der Waals surface area contributed by atoms with Gasteiger partial charge in [-0.3, -0.25) is 9.59 Å². The summed E-state index contributed by atoms with van der Waals surface area (Å²) in [4.78, 5) is 28.3. The molecule has 2 heterocycles. The van der Waals surface area contributed by atoms with Crippen LogP contribution in [0.2, 0.25) is 0 Å². The first-order chi connectivity index (χ1) is 12.0. The van der Waals surface area contributed by atoms with E-state index in [-0.39, 0.29) is 11.8 Å². The zero-order valence-electron chi connectivity index (χ0n) is 14.3. The standard InChI is InChI=1S/C18H19N5O2/c1-11-8-12(2)23-17(21-11)15(10-20-23)18(25)22-14-6-4-13(5-7-14)9-16(24)19-3/h4-8,10H,9H2,1-3H3,(H,19,24)(H,22,25). The molecule has 0 aliphatic carbocycles. The average Bonchev–Trinajstić information content (AvgIpc) is 3.00. The summed E-state index contributed by atoms with van der Waals surface area (Å²) < 4.78 is 1.65. The van der Waals surface area contributed by atoms with Crippen LogP contribution in [0.5, 0.6) is 0 Å². The molecule has 25 heavy (non-hydrogen) atoms. The summed E-state index contributed by atoms with van der Waals surface area (Å²) >= 11 is 0. The zero-order chi connectivity index (χ0) is 18.0. The van der Waals surface area contributed by atoms with E-state index in [9.17, 15) is 9.59 Å². The van der Waals surface area contributed by atoms with Crippen molar-refractivity contribution in [3.63, 3.8) is 0 Å². The molecule has 3 rings (SSSR count). The molecule has 0 unspecified atom stereocenters. The molecular weight excluding hydrogens is 318 g/mol. The van der Waals surface area contributed by atoms with Gasteiger partial charge in [0, 0.05) is 24.1 Å². The molecule has 128 valence electrons. The highest BCUT2D eigenvalue weighted by molar-refractivity contribution is 6.08. The van der Waals surface area contributed by atoms with Gasteiger partial charge in [0.05, 0.1) is 12.6 Å². The molecule has 0 radical (unpaired) electrons. The highest BCUT2D eigenvalue weighted by atomic mass is 16.2. The van der Waals surface area contributed by atoms with E-state index in [1.54, 1.807) is 23.7 Å². The number of hydrogen-bond acceptors (Lipinski definition) is 4. The summed E-state index contributed by atoms with van der Waals surface area (Å²) in [6.45, 7) is 3.80. The summed E-state index contributed by atoms with van der Waals surface area (Å²) in [5.41, 5.74) is 4.22. The Kier molecular flexibility index (Phi) is 4.47. The molecule has 0 atom stereocenters. The van der Waals surface area contributed by atoms with Crippen LogP contribution in [0, 0.1) is 13.8 Å². The Morgan fingerprint density at radius 3 is 2.56 bits per heavy atom. The van der Waals surface area contributed by atoms with Gasteiger partial charge in [0.25, 0.3) is 5.91 Å². The van der Waals surface area contributed by atoms with Gasteiger partial charge in [-0.25, -0.2) is 9.50 Å². The van der Waals surface area contributed by atoms with Crippen LogP contribution < -0.4 is 10.6 Å². The summed E-state index contributed by atoms with van der Waals surface area (Å²) in [5.74, 6) is -0.327. The number of nitrogens with zero attached hydrogens (tertiary/aromatic N) is 3. The number of hydrogen-bond donors (Lipinski definition) is 2. The van der Waals surface area contributed by atoms with Gasteiger partial charge in [0.1, 0.15) is 5.56 Å². The molecule has 2 amide bonds. The number of fused-ring (bicyclic) bond motifs is 1. The number of amides is 2. The molecule has 0 aliphatic heterocycles. The van der Waals surface area contributed by atoms with Gasteiger partial charge >= 0.3 is 0 Å². The molecule has 0 saturated carbocycles. The molecular formula is C18H19N5O2. The second kappa shape index (κ2) is 6.72. The highest BCUT2D eigenvalue weighted by Crippen LogP contribution is 2.15. The number of rotatable bonds is 4. The lowest BCUT2D eigenvalue weighted by atomic mass is 10.1. The minimum absolute atomic E-state index is 0.0556. The van der Waals surface area contributed by atoms with E-state index in [0.29, 0.717) is 23.3 Å². The van der Waals surface area contributed by atoms with Crippen molar-refractivity contribution in [2.75, 3.05) is 12.4 Å². The smallest absolute Gasteiger partial charge is 0.261 e. The molecule has 7 heteroatoms. The van der Waals surface area contributed by atoms with Gasteiger partial charge in [-0.2, -0.15) is 5.10 Å². The number of aryl methyl sites for hydroxylation is 2. The van der Waals surface area contributed by atoms with Gasteiger partial charge in [-0.05, 0) is 37.6 Å². The number of anilines is 1. The Morgan fingerprint density at radius 1 is 1.16 bits per heavy atom. The van der Waals surface area contributed by atoms with Gasteiger partial charge in [-0.1, -0.05) is 12.1 Å². The third-order valence-electron chi connectivity index (χ3n) is 3.88. The molecule has 2 N–H and O–H groups in total. The lowest BCUT2D eigenvalue weighted by Gasteiger charge is -2.06. The van der Waals surface area contributed by atoms with Crippen molar-refractivity contribution in [1.29, 1.82) is 0 Å². The lowest BCUT2D eigenvalue weighted by Crippen LogP contribution is -2.19. The molecule has 1 aromatic carbocycles. The Balaban J connectivity index is 1.80. The van der Waals surface area contributed by atoms with E-state index < -0.39 is 0 Å². The maximum atomic E-state index is 12.6. The SMILES string of the molecule is CNC(=O)Cc1ccc(NC(=O)c2cnn3c(C)cc(C)nc23)cc1. The first kappa shape index (κ1) is 16.6. The van der Waals surface area contributed by atoms with Gasteiger partial charge in [0.15, 0.2) is 5.65 Å². The predicted octanol–water partition coefficient (Wildman–Crippen LogP) is 1.89. The lowest BCUT2D eigenvalue weighted by molar-refractivity contribution is -0.119. The van der Waals surface area contributed by atoms with Crippen molar-refractivity contribution in [1.82, 2.24) is 19.9 Å². The summed E-state index contributed by atoms with van der Waals surface area (Å²) in [6.07, 6.45) is 1.82. The van der Waals surface area contributed by atoms with E-state index in [4.69, 9.17) is 0 Å². The highest BCUT2D eigenvalue weighted by Gasteiger charge is 2.15. The van der Waals surface area contributed by atoms with Crippen LogP contribution in [0.25, 0.3) is 5.65 Å². The Bertz CT molecular complexity index is 944. The van der Waals surface area contributed by atoms with Crippen LogP contribution in [0.15, 0.2) is 36.5 Å². The maximum Gasteiger partial charge on any atom is 0.261 e. The van der Waals surface area contributed by atoms with E-state index in [2.05, 4.69) is 20.7 Å². The first-order valence-electron chi connectivity index (χ1n) is 7.91. The minimum atomic E-state index is -0.272. The Labute approximate surface area is 145 Å². The van der Waals surface area contributed by atoms with Crippen LogP contribution >= 0.6 is 0 Å². The number of carbonyl (C=O) groups is 2. The van der Waals surface area contributed by atoms with Gasteiger partial charge < -0.3 is 10.6 Å². The molecule has 0 bridgehead atoms. The fraction of sp³-hybridized carbons (Fsp3) is 0.222. The molecule has 7 nitrogen and oxygen atoms in total. The Morgan fingerprint density at radius 2 is 1.88 bits per heavy atom. The van der Waals surface area contributed by atoms with Crippen molar-refractivity contribution < 1.29 is 9.59 Å². The van der Waals surface area contributed by atoms with Crippen LogP contribution in [0.4, 0.5) is 5.69 Å². The van der Waals surface area contributed by atoms with Crippen molar-refractivity contribution in [3.05, 3.63) is 59.0 Å². The Hall–Kier alpha value is -3.22. The second-order valence-electron chi connectivity index (χ2n) is 5.83. The second-order valence-corrected chi connectivity index (χ2v) is 5.83. The minimum Gasteiger partial charge on any atom is -0.359 e. The van der Waals surface area contributed by atoms with Crippen molar-refractivity contribution in [2.24, 2.45) is 0 Å². The van der Waals surface area contributed by atoms with Crippen molar-refractivity contribution in [2.45, 2.75) is 20.3 Å². The molecule has 0 saturated heterocycles. The third-order valence-corrected chi connectivity index (χ3v) is 3.88. The fourth-order valence-electron chi connectivity index (χ4n) is 2.61. The quantitative estimate of drug-likeness (QED) is 0.761. The number of carbonyl (C=O) groups excluding carboxylic acids is 2. The first-order valence-corrected chi connectivity index (χ1v) is 7.91. The van der Waals surface area contributed by atoms with E-state index >= 15 is 0 Å². The number of benzene rings is 1. The zero-order valence-corrected chi connectivity index (χ0v) is 14.3. The summed E-state index contributed by atoms with van der Waals surface area (Å²) in [5, 5.41) is 9.64. The fourth-order valence-corrected chi connectivity index (χ4v) is 2.61. The van der Waals surface area contributed by atoms with Crippen LogP contribution in [-0.2, 0) is 11.2 Å². The van der Waals surface area contributed by atoms with Gasteiger partial charge in [0.2, 0.25) is 5.91 Å². The normalized spacial score (nSPS) is 10.7. The molecule has 0 fully saturated rings. The third kappa shape index (κ3) is 3.50. The van der Waals surface area contributed by atoms with Crippen LogP contribution in [0.3, 0.4) is 0 Å². The van der Waals surface area contributed by atoms with Crippen molar-refractivity contribution in [3.8, 4) is 0 Å². The summed E-state index contributed by atoms with van der Waals surface area (Å²) in [6, 6.07) is 9.07. The van der Waals surface area contributed by atoms with Crippen molar-refractivity contribution >= 4 is 23.1 Å². The molecule has 2 aromatic heterocycles.